The van der Waals surface area contributed by atoms with Crippen LogP contribution in [0.15, 0.2) is 78.4 Å². The first-order valence-corrected chi connectivity index (χ1v) is 12.2. The van der Waals surface area contributed by atoms with Crippen LogP contribution in [0.25, 0.3) is 5.76 Å². The van der Waals surface area contributed by atoms with Crippen molar-refractivity contribution in [3.8, 4) is 11.5 Å². The number of ketones is 1. The summed E-state index contributed by atoms with van der Waals surface area (Å²) in [6.07, 6.45) is 0.866. The summed E-state index contributed by atoms with van der Waals surface area (Å²) in [6.45, 7) is 8.35. The number of carbonyl (C=O) groups is 2. The second kappa shape index (κ2) is 10.7. The fourth-order valence-electron chi connectivity index (χ4n) is 4.34. The van der Waals surface area contributed by atoms with Gasteiger partial charge < -0.3 is 14.6 Å². The maximum absolute atomic E-state index is 13.3. The molecule has 3 aromatic carbocycles. The van der Waals surface area contributed by atoms with Gasteiger partial charge >= 0.3 is 0 Å². The van der Waals surface area contributed by atoms with Crippen LogP contribution < -0.4 is 14.4 Å². The van der Waals surface area contributed by atoms with E-state index in [0.29, 0.717) is 34.9 Å². The van der Waals surface area contributed by atoms with Crippen LogP contribution in [-0.4, -0.2) is 29.5 Å². The largest absolute Gasteiger partial charge is 0.507 e. The molecule has 1 saturated heterocycles. The van der Waals surface area contributed by atoms with Crippen molar-refractivity contribution in [3.05, 3.63) is 95.1 Å². The van der Waals surface area contributed by atoms with Crippen molar-refractivity contribution in [2.24, 2.45) is 0 Å². The number of carbonyl (C=O) groups excluding carboxylic acids is 2. The second-order valence-electron chi connectivity index (χ2n) is 8.88. The van der Waals surface area contributed by atoms with Gasteiger partial charge in [-0.25, -0.2) is 0 Å². The Morgan fingerprint density at radius 2 is 1.50 bits per heavy atom. The lowest BCUT2D eigenvalue weighted by molar-refractivity contribution is -0.132. The monoisotopic (exact) mass is 485 g/mol. The van der Waals surface area contributed by atoms with Gasteiger partial charge in [-0.05, 0) is 74.7 Å². The molecular weight excluding hydrogens is 454 g/mol. The topological polar surface area (TPSA) is 76.1 Å². The Hall–Kier alpha value is -4.06. The van der Waals surface area contributed by atoms with Gasteiger partial charge in [0.25, 0.3) is 11.7 Å². The normalized spacial score (nSPS) is 17.0. The Labute approximate surface area is 211 Å². The molecule has 3 aromatic rings. The van der Waals surface area contributed by atoms with Gasteiger partial charge in [0, 0.05) is 11.3 Å². The summed E-state index contributed by atoms with van der Waals surface area (Å²) in [5.74, 6) is -0.272. The van der Waals surface area contributed by atoms with Gasteiger partial charge in [0.05, 0.1) is 24.3 Å². The lowest BCUT2D eigenvalue weighted by atomic mass is 9.94. The highest BCUT2D eigenvalue weighted by Gasteiger charge is 2.47. The Morgan fingerprint density at radius 1 is 0.889 bits per heavy atom. The van der Waals surface area contributed by atoms with Crippen LogP contribution in [0.4, 0.5) is 5.69 Å². The molecule has 6 heteroatoms. The third-order valence-electron chi connectivity index (χ3n) is 6.07. The molecule has 1 fully saturated rings. The predicted octanol–water partition coefficient (Wildman–Crippen LogP) is 6.06. The smallest absolute Gasteiger partial charge is 0.300 e. The molecule has 1 aliphatic heterocycles. The summed E-state index contributed by atoms with van der Waals surface area (Å²) in [4.78, 5) is 28.1. The number of Topliss-reactive ketones (excluding diaryl/α,β-unsaturated/α-hetero) is 1. The minimum Gasteiger partial charge on any atom is -0.507 e. The molecule has 1 aliphatic rings. The Balaban J connectivity index is 1.84. The van der Waals surface area contributed by atoms with Crippen molar-refractivity contribution in [2.45, 2.75) is 46.3 Å². The highest BCUT2D eigenvalue weighted by atomic mass is 16.5. The standard InChI is InChI=1S/C30H31NO5/c1-5-20-7-9-22(10-8-20)28(32)26-27(21-11-15-25(16-12-21)36-19(3)4)31(30(34)29(26)33)23-13-17-24(18-14-23)35-6-2/h7-19,27,32H,5-6H2,1-4H3/b28-26+. The molecular formula is C30H31NO5. The van der Waals surface area contributed by atoms with Gasteiger partial charge in [0.2, 0.25) is 0 Å². The molecule has 6 nitrogen and oxygen atoms in total. The van der Waals surface area contributed by atoms with Crippen molar-refractivity contribution in [1.82, 2.24) is 0 Å². The zero-order chi connectivity index (χ0) is 25.8. The van der Waals surface area contributed by atoms with Crippen LogP contribution in [0.3, 0.4) is 0 Å². The van der Waals surface area contributed by atoms with Gasteiger partial charge in [-0.15, -0.1) is 0 Å². The van der Waals surface area contributed by atoms with Crippen molar-refractivity contribution < 1.29 is 24.2 Å². The highest BCUT2D eigenvalue weighted by molar-refractivity contribution is 6.51. The number of benzene rings is 3. The number of aliphatic hydroxyl groups is 1. The number of rotatable bonds is 8. The van der Waals surface area contributed by atoms with Crippen LogP contribution in [-0.2, 0) is 16.0 Å². The molecule has 1 atom stereocenters. The molecule has 1 N–H and O–H groups in total. The molecule has 1 heterocycles. The van der Waals surface area contributed by atoms with E-state index in [2.05, 4.69) is 0 Å². The summed E-state index contributed by atoms with van der Waals surface area (Å²) >= 11 is 0. The third-order valence-corrected chi connectivity index (χ3v) is 6.07. The first-order valence-electron chi connectivity index (χ1n) is 12.2. The average molecular weight is 486 g/mol. The summed E-state index contributed by atoms with van der Waals surface area (Å²) < 4.78 is 11.3. The van der Waals surface area contributed by atoms with E-state index in [1.54, 1.807) is 36.4 Å². The fraction of sp³-hybridized carbons (Fsp3) is 0.267. The van der Waals surface area contributed by atoms with E-state index in [-0.39, 0.29) is 17.4 Å². The summed E-state index contributed by atoms with van der Waals surface area (Å²) in [5, 5.41) is 11.3. The highest BCUT2D eigenvalue weighted by Crippen LogP contribution is 2.42. The number of anilines is 1. The van der Waals surface area contributed by atoms with Crippen molar-refractivity contribution >= 4 is 23.1 Å². The average Bonchev–Trinajstić information content (AvgIpc) is 3.14. The minimum atomic E-state index is -0.804. The number of aryl methyl sites for hydroxylation is 1. The molecule has 4 rings (SSSR count). The predicted molar refractivity (Wildman–Crippen MR) is 140 cm³/mol. The van der Waals surface area contributed by atoms with Crippen molar-refractivity contribution in [1.29, 1.82) is 0 Å². The lowest BCUT2D eigenvalue weighted by Gasteiger charge is -2.26. The van der Waals surface area contributed by atoms with E-state index in [0.717, 1.165) is 12.0 Å². The number of aliphatic hydroxyl groups excluding tert-OH is 1. The third kappa shape index (κ3) is 4.98. The lowest BCUT2D eigenvalue weighted by Crippen LogP contribution is -2.29. The van der Waals surface area contributed by atoms with E-state index in [9.17, 15) is 14.7 Å². The van der Waals surface area contributed by atoms with Crippen LogP contribution in [0, 0.1) is 0 Å². The fourth-order valence-corrected chi connectivity index (χ4v) is 4.34. The van der Waals surface area contributed by atoms with E-state index in [4.69, 9.17) is 9.47 Å². The zero-order valence-electron chi connectivity index (χ0n) is 21.0. The van der Waals surface area contributed by atoms with Crippen LogP contribution in [0.2, 0.25) is 0 Å². The van der Waals surface area contributed by atoms with E-state index in [1.165, 1.54) is 4.90 Å². The molecule has 0 radical (unpaired) electrons. The van der Waals surface area contributed by atoms with Crippen molar-refractivity contribution in [3.63, 3.8) is 0 Å². The maximum atomic E-state index is 13.3. The van der Waals surface area contributed by atoms with E-state index in [1.807, 2.05) is 64.1 Å². The zero-order valence-corrected chi connectivity index (χ0v) is 21.0. The first kappa shape index (κ1) is 25.0. The SMILES string of the molecule is CCOc1ccc(N2C(=O)C(=O)/C(=C(/O)c3ccc(CC)cc3)C2c2ccc(OC(C)C)cc2)cc1. The van der Waals surface area contributed by atoms with Gasteiger partial charge in [-0.2, -0.15) is 0 Å². The summed E-state index contributed by atoms with van der Waals surface area (Å²) in [7, 11) is 0. The summed E-state index contributed by atoms with van der Waals surface area (Å²) in [6, 6.07) is 20.8. The van der Waals surface area contributed by atoms with Crippen LogP contribution >= 0.6 is 0 Å². The Morgan fingerprint density at radius 3 is 2.06 bits per heavy atom. The molecule has 0 aromatic heterocycles. The van der Waals surface area contributed by atoms with Crippen LogP contribution in [0.1, 0.15) is 50.4 Å². The molecule has 0 saturated carbocycles. The minimum absolute atomic E-state index is 0.0106. The molecule has 0 spiro atoms. The molecule has 1 unspecified atom stereocenters. The van der Waals surface area contributed by atoms with Crippen LogP contribution in [0.5, 0.6) is 11.5 Å². The molecule has 0 aliphatic carbocycles. The molecule has 36 heavy (non-hydrogen) atoms. The summed E-state index contributed by atoms with van der Waals surface area (Å²) in [5.41, 5.74) is 2.87. The van der Waals surface area contributed by atoms with Crippen molar-refractivity contribution in [2.75, 3.05) is 11.5 Å². The van der Waals surface area contributed by atoms with E-state index >= 15 is 0 Å². The maximum Gasteiger partial charge on any atom is 0.300 e. The number of amides is 1. The number of ether oxygens (including phenoxy) is 2. The first-order chi connectivity index (χ1) is 17.3. The molecule has 0 bridgehead atoms. The van der Waals surface area contributed by atoms with Gasteiger partial charge in [0.1, 0.15) is 17.3 Å². The van der Waals surface area contributed by atoms with Gasteiger partial charge in [-0.1, -0.05) is 43.3 Å². The second-order valence-corrected chi connectivity index (χ2v) is 8.88. The quantitative estimate of drug-likeness (QED) is 0.238. The number of hydrogen-bond donors (Lipinski definition) is 1. The Kier molecular flexibility index (Phi) is 7.44. The Bertz CT molecular complexity index is 1260. The van der Waals surface area contributed by atoms with Gasteiger partial charge in [-0.3, -0.25) is 14.5 Å². The number of hydrogen-bond acceptors (Lipinski definition) is 5. The number of nitrogens with zero attached hydrogens (tertiary/aromatic N) is 1. The van der Waals surface area contributed by atoms with Gasteiger partial charge in [0.15, 0.2) is 0 Å². The van der Waals surface area contributed by atoms with E-state index < -0.39 is 17.7 Å². The molecule has 186 valence electrons. The molecule has 1 amide bonds.